The van der Waals surface area contributed by atoms with Gasteiger partial charge in [-0.25, -0.2) is 4.98 Å². The highest BCUT2D eigenvalue weighted by Crippen LogP contribution is 2.17. The number of hydrogen-bond acceptors (Lipinski definition) is 3. The fourth-order valence-corrected chi connectivity index (χ4v) is 2.21. The molecule has 21 heavy (non-hydrogen) atoms. The molecule has 5 nitrogen and oxygen atoms in total. The summed E-state index contributed by atoms with van der Waals surface area (Å²) in [6, 6.07) is 4.13. The standard InChI is InChI=1S/C16H23N3O2/c1-6-21-16(4,5)15(20)17-9-14-18-12-7-10(2)11(3)8-13(12)19-14/h7-8H,6,9H2,1-5H3,(H,17,20)(H,18,19). The van der Waals surface area contributed by atoms with Gasteiger partial charge in [-0.05, 0) is 57.9 Å². The van der Waals surface area contributed by atoms with Crippen molar-refractivity contribution in [2.45, 2.75) is 46.8 Å². The van der Waals surface area contributed by atoms with E-state index in [9.17, 15) is 4.79 Å². The summed E-state index contributed by atoms with van der Waals surface area (Å²) in [6.45, 7) is 10.4. The number of rotatable bonds is 5. The first kappa shape index (κ1) is 15.5. The van der Waals surface area contributed by atoms with Crippen LogP contribution in [0.15, 0.2) is 12.1 Å². The van der Waals surface area contributed by atoms with E-state index in [1.807, 2.05) is 6.92 Å². The van der Waals surface area contributed by atoms with Gasteiger partial charge in [-0.1, -0.05) is 0 Å². The molecule has 1 aromatic carbocycles. The summed E-state index contributed by atoms with van der Waals surface area (Å²) in [5, 5.41) is 2.86. The number of aryl methyl sites for hydroxylation is 2. The van der Waals surface area contributed by atoms with Crippen molar-refractivity contribution in [2.75, 3.05) is 6.61 Å². The third-order valence-corrected chi connectivity index (χ3v) is 3.61. The van der Waals surface area contributed by atoms with Gasteiger partial charge in [0, 0.05) is 6.61 Å². The molecule has 2 N–H and O–H groups in total. The first-order chi connectivity index (χ1) is 9.83. The zero-order valence-electron chi connectivity index (χ0n) is 13.3. The molecule has 2 aromatic rings. The highest BCUT2D eigenvalue weighted by Gasteiger charge is 2.27. The molecule has 0 radical (unpaired) electrons. The number of ether oxygens (including phenoxy) is 1. The zero-order chi connectivity index (χ0) is 15.6. The van der Waals surface area contributed by atoms with Crippen molar-refractivity contribution in [1.29, 1.82) is 0 Å². The van der Waals surface area contributed by atoms with Crippen LogP contribution in [0.3, 0.4) is 0 Å². The highest BCUT2D eigenvalue weighted by molar-refractivity contribution is 5.84. The Morgan fingerprint density at radius 3 is 2.67 bits per heavy atom. The van der Waals surface area contributed by atoms with E-state index in [2.05, 4.69) is 41.3 Å². The Morgan fingerprint density at radius 2 is 2.00 bits per heavy atom. The fraction of sp³-hybridized carbons (Fsp3) is 0.500. The second-order valence-electron chi connectivity index (χ2n) is 5.76. The van der Waals surface area contributed by atoms with E-state index in [0.29, 0.717) is 13.2 Å². The number of hydrogen-bond donors (Lipinski definition) is 2. The summed E-state index contributed by atoms with van der Waals surface area (Å²) in [5.41, 5.74) is 3.52. The number of benzene rings is 1. The molecule has 0 fully saturated rings. The van der Waals surface area contributed by atoms with E-state index >= 15 is 0 Å². The number of carbonyl (C=O) groups is 1. The number of nitrogens with zero attached hydrogens (tertiary/aromatic N) is 1. The van der Waals surface area contributed by atoms with Crippen molar-refractivity contribution in [2.24, 2.45) is 0 Å². The quantitative estimate of drug-likeness (QED) is 0.889. The predicted octanol–water partition coefficient (Wildman–Crippen LogP) is 2.61. The van der Waals surface area contributed by atoms with E-state index < -0.39 is 5.60 Å². The van der Waals surface area contributed by atoms with Crippen molar-refractivity contribution in [1.82, 2.24) is 15.3 Å². The average Bonchev–Trinajstić information content (AvgIpc) is 2.78. The van der Waals surface area contributed by atoms with Crippen molar-refractivity contribution >= 4 is 16.9 Å². The van der Waals surface area contributed by atoms with Gasteiger partial charge >= 0.3 is 0 Å². The molecular formula is C16H23N3O2. The van der Waals surface area contributed by atoms with E-state index in [4.69, 9.17) is 4.74 Å². The van der Waals surface area contributed by atoms with Gasteiger partial charge in [-0.3, -0.25) is 4.79 Å². The Labute approximate surface area is 125 Å². The van der Waals surface area contributed by atoms with Crippen LogP contribution in [0.25, 0.3) is 11.0 Å². The van der Waals surface area contributed by atoms with Crippen molar-refractivity contribution in [3.05, 3.63) is 29.1 Å². The van der Waals surface area contributed by atoms with Crippen molar-refractivity contribution < 1.29 is 9.53 Å². The summed E-state index contributed by atoms with van der Waals surface area (Å²) >= 11 is 0. The van der Waals surface area contributed by atoms with Gasteiger partial charge in [0.25, 0.3) is 5.91 Å². The van der Waals surface area contributed by atoms with Crippen LogP contribution < -0.4 is 5.32 Å². The van der Waals surface area contributed by atoms with Crippen LogP contribution in [0.2, 0.25) is 0 Å². The van der Waals surface area contributed by atoms with E-state index in [1.54, 1.807) is 13.8 Å². The Morgan fingerprint density at radius 1 is 1.33 bits per heavy atom. The minimum absolute atomic E-state index is 0.142. The molecule has 1 amide bonds. The molecule has 0 bridgehead atoms. The zero-order valence-corrected chi connectivity index (χ0v) is 13.3. The van der Waals surface area contributed by atoms with Crippen LogP contribution in [0, 0.1) is 13.8 Å². The van der Waals surface area contributed by atoms with Crippen molar-refractivity contribution in [3.8, 4) is 0 Å². The lowest BCUT2D eigenvalue weighted by atomic mass is 10.1. The van der Waals surface area contributed by atoms with Crippen LogP contribution in [0.1, 0.15) is 37.7 Å². The molecule has 0 aliphatic heterocycles. The van der Waals surface area contributed by atoms with Gasteiger partial charge < -0.3 is 15.0 Å². The third kappa shape index (κ3) is 3.42. The molecule has 0 aliphatic rings. The molecule has 0 saturated carbocycles. The number of aromatic nitrogens is 2. The molecule has 5 heteroatoms. The topological polar surface area (TPSA) is 67.0 Å². The third-order valence-electron chi connectivity index (χ3n) is 3.61. The highest BCUT2D eigenvalue weighted by atomic mass is 16.5. The molecule has 1 aromatic heterocycles. The summed E-state index contributed by atoms with van der Waals surface area (Å²) in [7, 11) is 0. The smallest absolute Gasteiger partial charge is 0.252 e. The molecule has 2 rings (SSSR count). The van der Waals surface area contributed by atoms with Crippen molar-refractivity contribution in [3.63, 3.8) is 0 Å². The lowest BCUT2D eigenvalue weighted by Crippen LogP contribution is -2.44. The van der Waals surface area contributed by atoms with E-state index in [0.717, 1.165) is 16.9 Å². The number of carbonyl (C=O) groups excluding carboxylic acids is 1. The summed E-state index contributed by atoms with van der Waals surface area (Å²) in [6.07, 6.45) is 0. The minimum Gasteiger partial charge on any atom is -0.366 e. The number of H-pyrrole nitrogens is 1. The lowest BCUT2D eigenvalue weighted by Gasteiger charge is -2.23. The fourth-order valence-electron chi connectivity index (χ4n) is 2.21. The Kier molecular flexibility index (Phi) is 4.32. The molecule has 0 unspecified atom stereocenters. The Balaban J connectivity index is 2.09. The maximum Gasteiger partial charge on any atom is 0.252 e. The van der Waals surface area contributed by atoms with Crippen LogP contribution in [0.5, 0.6) is 0 Å². The number of amides is 1. The summed E-state index contributed by atoms with van der Waals surface area (Å²) < 4.78 is 5.43. The lowest BCUT2D eigenvalue weighted by molar-refractivity contribution is -0.142. The molecule has 114 valence electrons. The molecule has 0 saturated heterocycles. The summed E-state index contributed by atoms with van der Waals surface area (Å²) in [4.78, 5) is 19.8. The van der Waals surface area contributed by atoms with E-state index in [1.165, 1.54) is 11.1 Å². The van der Waals surface area contributed by atoms with Gasteiger partial charge in [0.1, 0.15) is 11.4 Å². The second kappa shape index (κ2) is 5.85. The largest absolute Gasteiger partial charge is 0.366 e. The number of aromatic amines is 1. The van der Waals surface area contributed by atoms with Crippen LogP contribution >= 0.6 is 0 Å². The predicted molar refractivity (Wildman–Crippen MR) is 83.1 cm³/mol. The number of fused-ring (bicyclic) bond motifs is 1. The average molecular weight is 289 g/mol. The van der Waals surface area contributed by atoms with Gasteiger partial charge in [-0.15, -0.1) is 0 Å². The van der Waals surface area contributed by atoms with E-state index in [-0.39, 0.29) is 5.91 Å². The van der Waals surface area contributed by atoms with Gasteiger partial charge in [-0.2, -0.15) is 0 Å². The number of imidazole rings is 1. The first-order valence-electron chi connectivity index (χ1n) is 7.21. The van der Waals surface area contributed by atoms with Crippen LogP contribution in [-0.2, 0) is 16.1 Å². The Bertz CT molecular complexity index is 620. The molecule has 0 aliphatic carbocycles. The number of nitrogens with one attached hydrogen (secondary N) is 2. The minimum atomic E-state index is -0.825. The van der Waals surface area contributed by atoms with Gasteiger partial charge in [0.2, 0.25) is 0 Å². The maximum absolute atomic E-state index is 12.1. The molecule has 1 heterocycles. The second-order valence-corrected chi connectivity index (χ2v) is 5.76. The summed E-state index contributed by atoms with van der Waals surface area (Å²) in [5.74, 6) is 0.604. The molecule has 0 spiro atoms. The van der Waals surface area contributed by atoms with Crippen LogP contribution in [0.4, 0.5) is 0 Å². The SMILES string of the molecule is CCOC(C)(C)C(=O)NCc1nc2cc(C)c(C)cc2[nH]1. The van der Waals surface area contributed by atoms with Gasteiger partial charge in [0.05, 0.1) is 17.6 Å². The normalized spacial score (nSPS) is 11.9. The maximum atomic E-state index is 12.1. The Hall–Kier alpha value is -1.88. The van der Waals surface area contributed by atoms with Gasteiger partial charge in [0.15, 0.2) is 0 Å². The molecule has 0 atom stereocenters. The molecular weight excluding hydrogens is 266 g/mol. The first-order valence-corrected chi connectivity index (χ1v) is 7.21. The monoisotopic (exact) mass is 289 g/mol. The van der Waals surface area contributed by atoms with Crippen LogP contribution in [-0.4, -0.2) is 28.1 Å².